The maximum atomic E-state index is 5.73. The number of rotatable bonds is 2. The van der Waals surface area contributed by atoms with Gasteiger partial charge >= 0.3 is 0 Å². The second-order valence-corrected chi connectivity index (χ2v) is 5.70. The van der Waals surface area contributed by atoms with Crippen LogP contribution in [0.15, 0.2) is 4.99 Å². The number of hydrogen-bond acceptors (Lipinski definition) is 2. The van der Waals surface area contributed by atoms with Crippen molar-refractivity contribution in [1.82, 2.24) is 10.2 Å². The molecule has 0 saturated carbocycles. The summed E-state index contributed by atoms with van der Waals surface area (Å²) in [6.07, 6.45) is 5.26. The van der Waals surface area contributed by atoms with Gasteiger partial charge in [-0.1, -0.05) is 6.92 Å². The first-order valence-corrected chi connectivity index (χ1v) is 7.30. The van der Waals surface area contributed by atoms with Crippen LogP contribution in [-0.2, 0) is 4.74 Å². The highest BCUT2D eigenvalue weighted by Crippen LogP contribution is 2.18. The van der Waals surface area contributed by atoms with Crippen LogP contribution in [0.4, 0.5) is 0 Å². The molecule has 1 N–H and O–H groups in total. The molecule has 2 saturated heterocycles. The van der Waals surface area contributed by atoms with E-state index in [1.54, 1.807) is 0 Å². The van der Waals surface area contributed by atoms with Gasteiger partial charge in [0, 0.05) is 26.7 Å². The standard InChI is InChI=1S/C14H27N3O/c1-11-6-8-17(9-7-11)14(15-3)16-12(2)13-5-4-10-18-13/h11-13H,4-10H2,1-3H3,(H,15,16)/t12-,13+/m1/s1. The summed E-state index contributed by atoms with van der Waals surface area (Å²) in [7, 11) is 1.88. The van der Waals surface area contributed by atoms with Crippen LogP contribution in [0, 0.1) is 5.92 Å². The third-order valence-electron chi connectivity index (χ3n) is 4.17. The maximum Gasteiger partial charge on any atom is 0.193 e. The number of guanidine groups is 1. The minimum Gasteiger partial charge on any atom is -0.376 e. The number of hydrogen-bond donors (Lipinski definition) is 1. The predicted molar refractivity (Wildman–Crippen MR) is 74.9 cm³/mol. The van der Waals surface area contributed by atoms with Crippen LogP contribution in [0.5, 0.6) is 0 Å². The van der Waals surface area contributed by atoms with E-state index in [1.807, 2.05) is 7.05 Å². The Bertz CT molecular complexity index is 279. The van der Waals surface area contributed by atoms with Crippen molar-refractivity contribution in [3.8, 4) is 0 Å². The van der Waals surface area contributed by atoms with Crippen LogP contribution >= 0.6 is 0 Å². The number of likely N-dealkylation sites (tertiary alicyclic amines) is 1. The van der Waals surface area contributed by atoms with Gasteiger partial charge in [0.15, 0.2) is 5.96 Å². The molecule has 2 aliphatic heterocycles. The normalized spacial score (nSPS) is 28.5. The molecule has 0 spiro atoms. The van der Waals surface area contributed by atoms with E-state index in [9.17, 15) is 0 Å². The molecule has 104 valence electrons. The molecule has 2 rings (SSSR count). The fourth-order valence-electron chi connectivity index (χ4n) is 2.81. The first-order valence-electron chi connectivity index (χ1n) is 7.30. The van der Waals surface area contributed by atoms with Gasteiger partial charge in [0.2, 0.25) is 0 Å². The number of nitrogens with zero attached hydrogens (tertiary/aromatic N) is 2. The van der Waals surface area contributed by atoms with Crippen LogP contribution in [0.1, 0.15) is 39.5 Å². The molecule has 2 heterocycles. The molecule has 18 heavy (non-hydrogen) atoms. The highest BCUT2D eigenvalue weighted by molar-refractivity contribution is 5.80. The van der Waals surface area contributed by atoms with Gasteiger partial charge in [-0.3, -0.25) is 4.99 Å². The maximum absolute atomic E-state index is 5.73. The Morgan fingerprint density at radius 1 is 1.33 bits per heavy atom. The van der Waals surface area contributed by atoms with E-state index in [-0.39, 0.29) is 0 Å². The van der Waals surface area contributed by atoms with Crippen LogP contribution in [-0.4, -0.2) is 49.7 Å². The van der Waals surface area contributed by atoms with Crippen molar-refractivity contribution in [1.29, 1.82) is 0 Å². The molecule has 0 aliphatic carbocycles. The molecule has 0 aromatic heterocycles. The lowest BCUT2D eigenvalue weighted by molar-refractivity contribution is 0.0878. The summed E-state index contributed by atoms with van der Waals surface area (Å²) in [6, 6.07) is 0.352. The molecule has 2 fully saturated rings. The first-order chi connectivity index (χ1) is 8.70. The van der Waals surface area contributed by atoms with Crippen LogP contribution in [0.2, 0.25) is 0 Å². The summed E-state index contributed by atoms with van der Waals surface area (Å²) in [5, 5.41) is 3.54. The Balaban J connectivity index is 1.85. The lowest BCUT2D eigenvalue weighted by Crippen LogP contribution is -2.50. The Morgan fingerprint density at radius 3 is 2.61 bits per heavy atom. The molecule has 0 unspecified atom stereocenters. The first kappa shape index (κ1) is 13.7. The SMILES string of the molecule is CN=C(N[C@H](C)[C@@H]1CCCO1)N1CCC(C)CC1. The summed E-state index contributed by atoms with van der Waals surface area (Å²) in [5.41, 5.74) is 0. The monoisotopic (exact) mass is 253 g/mol. The Morgan fingerprint density at radius 2 is 2.06 bits per heavy atom. The van der Waals surface area contributed by atoms with Gasteiger partial charge in [-0.25, -0.2) is 0 Å². The second kappa shape index (κ2) is 6.41. The van der Waals surface area contributed by atoms with E-state index in [4.69, 9.17) is 4.74 Å². The summed E-state index contributed by atoms with van der Waals surface area (Å²) in [4.78, 5) is 6.80. The molecule has 2 aliphatic rings. The van der Waals surface area contributed by atoms with Crippen LogP contribution < -0.4 is 5.32 Å². The second-order valence-electron chi connectivity index (χ2n) is 5.70. The molecular formula is C14H27N3O. The van der Waals surface area contributed by atoms with Gasteiger partial charge in [0.25, 0.3) is 0 Å². The Labute approximate surface area is 111 Å². The fraction of sp³-hybridized carbons (Fsp3) is 0.929. The van der Waals surface area contributed by atoms with Gasteiger partial charge in [-0.15, -0.1) is 0 Å². The summed E-state index contributed by atoms with van der Waals surface area (Å²) in [5.74, 6) is 1.90. The average molecular weight is 253 g/mol. The minimum atomic E-state index is 0.352. The zero-order valence-corrected chi connectivity index (χ0v) is 12.0. The van der Waals surface area contributed by atoms with E-state index in [1.165, 1.54) is 25.7 Å². The number of aliphatic imine (C=N–C) groups is 1. The fourth-order valence-corrected chi connectivity index (χ4v) is 2.81. The summed E-state index contributed by atoms with van der Waals surface area (Å²) < 4.78 is 5.73. The molecule has 4 heteroatoms. The third kappa shape index (κ3) is 3.37. The van der Waals surface area contributed by atoms with Gasteiger partial charge in [0.1, 0.15) is 0 Å². The van der Waals surface area contributed by atoms with Crippen molar-refractivity contribution in [3.05, 3.63) is 0 Å². The molecular weight excluding hydrogens is 226 g/mol. The predicted octanol–water partition coefficient (Wildman–Crippen LogP) is 1.86. The Kier molecular flexibility index (Phi) is 4.87. The summed E-state index contributed by atoms with van der Waals surface area (Å²) in [6.45, 7) is 7.70. The smallest absolute Gasteiger partial charge is 0.193 e. The lowest BCUT2D eigenvalue weighted by Gasteiger charge is -2.34. The average Bonchev–Trinajstić information content (AvgIpc) is 2.91. The molecule has 0 radical (unpaired) electrons. The van der Waals surface area contributed by atoms with Crippen molar-refractivity contribution in [2.24, 2.45) is 10.9 Å². The van der Waals surface area contributed by atoms with Crippen molar-refractivity contribution in [2.75, 3.05) is 26.7 Å². The van der Waals surface area contributed by atoms with Crippen molar-refractivity contribution >= 4 is 5.96 Å². The minimum absolute atomic E-state index is 0.352. The van der Waals surface area contributed by atoms with E-state index < -0.39 is 0 Å². The van der Waals surface area contributed by atoms with E-state index in [0.29, 0.717) is 12.1 Å². The molecule has 0 bridgehead atoms. The summed E-state index contributed by atoms with van der Waals surface area (Å²) >= 11 is 0. The highest BCUT2D eigenvalue weighted by atomic mass is 16.5. The number of piperidine rings is 1. The van der Waals surface area contributed by atoms with Gasteiger partial charge in [-0.05, 0) is 38.5 Å². The van der Waals surface area contributed by atoms with Crippen LogP contribution in [0.25, 0.3) is 0 Å². The zero-order chi connectivity index (χ0) is 13.0. The van der Waals surface area contributed by atoms with Crippen molar-refractivity contribution < 1.29 is 4.74 Å². The van der Waals surface area contributed by atoms with Gasteiger partial charge in [-0.2, -0.15) is 0 Å². The molecule has 0 aromatic carbocycles. The largest absolute Gasteiger partial charge is 0.376 e. The number of ether oxygens (including phenoxy) is 1. The Hall–Kier alpha value is -0.770. The van der Waals surface area contributed by atoms with E-state index in [0.717, 1.165) is 31.6 Å². The van der Waals surface area contributed by atoms with E-state index >= 15 is 0 Å². The van der Waals surface area contributed by atoms with E-state index in [2.05, 4.69) is 29.1 Å². The highest BCUT2D eigenvalue weighted by Gasteiger charge is 2.25. The third-order valence-corrected chi connectivity index (χ3v) is 4.17. The molecule has 0 aromatic rings. The van der Waals surface area contributed by atoms with Crippen molar-refractivity contribution in [2.45, 2.75) is 51.7 Å². The molecule has 2 atom stereocenters. The van der Waals surface area contributed by atoms with Gasteiger partial charge in [0.05, 0.1) is 12.1 Å². The van der Waals surface area contributed by atoms with Gasteiger partial charge < -0.3 is 15.0 Å². The zero-order valence-electron chi connectivity index (χ0n) is 12.0. The molecule has 0 amide bonds. The lowest BCUT2D eigenvalue weighted by atomic mass is 9.99. The quantitative estimate of drug-likeness (QED) is 0.603. The van der Waals surface area contributed by atoms with Crippen molar-refractivity contribution in [3.63, 3.8) is 0 Å². The molecule has 4 nitrogen and oxygen atoms in total. The van der Waals surface area contributed by atoms with Crippen LogP contribution in [0.3, 0.4) is 0 Å². The number of nitrogens with one attached hydrogen (secondary N) is 1. The topological polar surface area (TPSA) is 36.9 Å².